The molecule has 0 spiro atoms. The molecule has 184 valence electrons. The van der Waals surface area contributed by atoms with Crippen LogP contribution in [0.25, 0.3) is 0 Å². The minimum absolute atomic E-state index is 0.109. The minimum atomic E-state index is -0.349. The Balaban J connectivity index is 1.20. The maximum absolute atomic E-state index is 12.5. The van der Waals surface area contributed by atoms with Gasteiger partial charge < -0.3 is 20.3 Å². The van der Waals surface area contributed by atoms with Gasteiger partial charge in [-0.2, -0.15) is 0 Å². The van der Waals surface area contributed by atoms with Gasteiger partial charge in [-0.1, -0.05) is 36.0 Å². The van der Waals surface area contributed by atoms with Crippen molar-refractivity contribution >= 4 is 28.8 Å². The Morgan fingerprint density at radius 3 is 2.63 bits per heavy atom. The van der Waals surface area contributed by atoms with Gasteiger partial charge in [0.05, 0.1) is 0 Å². The third-order valence-electron chi connectivity index (χ3n) is 6.02. The van der Waals surface area contributed by atoms with Crippen LogP contribution in [0.4, 0.5) is 5.69 Å². The molecule has 2 heterocycles. The van der Waals surface area contributed by atoms with E-state index in [0.29, 0.717) is 28.8 Å². The first-order valence-electron chi connectivity index (χ1n) is 12.0. The maximum atomic E-state index is 12.5. The Morgan fingerprint density at radius 2 is 1.86 bits per heavy atom. The van der Waals surface area contributed by atoms with Gasteiger partial charge in [-0.25, -0.2) is 0 Å². The summed E-state index contributed by atoms with van der Waals surface area (Å²) in [5.41, 5.74) is 1.15. The van der Waals surface area contributed by atoms with Gasteiger partial charge in [-0.15, -0.1) is 10.2 Å². The summed E-state index contributed by atoms with van der Waals surface area (Å²) in [6, 6.07) is 16.9. The second-order valence-corrected chi connectivity index (χ2v) is 9.69. The summed E-state index contributed by atoms with van der Waals surface area (Å²) in [4.78, 5) is 27.5. The molecule has 8 nitrogen and oxygen atoms in total. The molecule has 0 bridgehead atoms. The average molecular weight is 494 g/mol. The summed E-state index contributed by atoms with van der Waals surface area (Å²) in [6.45, 7) is 5.34. The van der Waals surface area contributed by atoms with Crippen LogP contribution in [0.2, 0.25) is 0 Å². The molecule has 1 atom stereocenters. The molecule has 0 radical (unpaired) electrons. The van der Waals surface area contributed by atoms with Crippen molar-refractivity contribution in [3.8, 4) is 5.75 Å². The Labute approximate surface area is 209 Å². The fraction of sp³-hybridized carbons (Fsp3) is 0.385. The number of ether oxygens (including phenoxy) is 1. The lowest BCUT2D eigenvalue weighted by molar-refractivity contribution is 0.0948. The second-order valence-electron chi connectivity index (χ2n) is 8.62. The summed E-state index contributed by atoms with van der Waals surface area (Å²) < 4.78 is 5.65. The fourth-order valence-corrected chi connectivity index (χ4v) is 4.68. The number of para-hydroxylation sites is 1. The van der Waals surface area contributed by atoms with Crippen molar-refractivity contribution in [3.05, 3.63) is 70.2 Å². The van der Waals surface area contributed by atoms with E-state index in [1.54, 1.807) is 24.3 Å². The number of hydrogen-bond acceptors (Lipinski definition) is 7. The van der Waals surface area contributed by atoms with Crippen LogP contribution in [0, 0.1) is 0 Å². The number of rotatable bonds is 10. The average Bonchev–Trinajstić information content (AvgIpc) is 3.37. The number of hydrogen-bond donors (Lipinski definition) is 2. The fourth-order valence-electron chi connectivity index (χ4n) is 4.03. The van der Waals surface area contributed by atoms with E-state index in [-0.39, 0.29) is 23.4 Å². The Morgan fingerprint density at radius 1 is 1.06 bits per heavy atom. The zero-order chi connectivity index (χ0) is 24.5. The van der Waals surface area contributed by atoms with Gasteiger partial charge in [0.15, 0.2) is 5.01 Å². The monoisotopic (exact) mass is 493 g/mol. The van der Waals surface area contributed by atoms with E-state index in [1.165, 1.54) is 30.6 Å². The van der Waals surface area contributed by atoms with E-state index in [1.807, 2.05) is 30.3 Å². The molecule has 1 unspecified atom stereocenters. The van der Waals surface area contributed by atoms with E-state index < -0.39 is 0 Å². The van der Waals surface area contributed by atoms with Crippen molar-refractivity contribution in [1.29, 1.82) is 0 Å². The lowest BCUT2D eigenvalue weighted by atomic mass is 10.0. The van der Waals surface area contributed by atoms with Crippen LogP contribution >= 0.6 is 11.3 Å². The lowest BCUT2D eigenvalue weighted by Gasteiger charge is -2.33. The van der Waals surface area contributed by atoms with Crippen molar-refractivity contribution in [3.63, 3.8) is 0 Å². The van der Waals surface area contributed by atoms with Gasteiger partial charge in [0.25, 0.3) is 11.8 Å². The minimum Gasteiger partial charge on any atom is -0.486 e. The summed E-state index contributed by atoms with van der Waals surface area (Å²) in [5.74, 6) is 0.272. The molecule has 3 aromatic rings. The zero-order valence-electron chi connectivity index (χ0n) is 19.9. The van der Waals surface area contributed by atoms with Gasteiger partial charge >= 0.3 is 0 Å². The van der Waals surface area contributed by atoms with Gasteiger partial charge in [0.1, 0.15) is 12.4 Å². The molecule has 4 rings (SSSR count). The van der Waals surface area contributed by atoms with Crippen molar-refractivity contribution in [2.75, 3.05) is 25.0 Å². The van der Waals surface area contributed by atoms with Crippen LogP contribution in [0.15, 0.2) is 54.6 Å². The number of aromatic nitrogens is 2. The van der Waals surface area contributed by atoms with E-state index in [9.17, 15) is 9.59 Å². The third kappa shape index (κ3) is 7.34. The number of carbonyl (C=O) groups is 2. The van der Waals surface area contributed by atoms with E-state index in [0.717, 1.165) is 25.3 Å². The van der Waals surface area contributed by atoms with Gasteiger partial charge in [0.2, 0.25) is 5.01 Å². The molecular weight excluding hydrogens is 462 g/mol. The molecule has 9 heteroatoms. The van der Waals surface area contributed by atoms with E-state index in [2.05, 4.69) is 32.7 Å². The third-order valence-corrected chi connectivity index (χ3v) is 6.92. The summed E-state index contributed by atoms with van der Waals surface area (Å²) in [5, 5.41) is 14.6. The molecule has 1 fully saturated rings. The number of piperidine rings is 1. The molecule has 0 saturated carbocycles. The van der Waals surface area contributed by atoms with Gasteiger partial charge in [0, 0.05) is 30.4 Å². The molecule has 1 aromatic heterocycles. The topological polar surface area (TPSA) is 96.5 Å². The molecule has 2 aromatic carbocycles. The largest absolute Gasteiger partial charge is 0.486 e. The maximum Gasteiger partial charge on any atom is 0.286 e. The zero-order valence-corrected chi connectivity index (χ0v) is 20.7. The second kappa shape index (κ2) is 12.4. The van der Waals surface area contributed by atoms with Crippen LogP contribution in [-0.2, 0) is 6.61 Å². The number of likely N-dealkylation sites (tertiary alicyclic amines) is 1. The Bertz CT molecular complexity index is 1100. The molecule has 2 amide bonds. The highest BCUT2D eigenvalue weighted by Gasteiger charge is 2.17. The number of anilines is 1. The molecular formula is C26H31N5O3S. The standard InChI is InChI=1S/C26H31N5O3S/c1-19-8-5-6-16-31(19)17-7-15-27-24(32)20-11-13-21(14-12-20)28-25(33)26-30-29-23(35-26)18-34-22-9-3-2-4-10-22/h2-4,9-14,19H,5-8,15-18H2,1H3,(H,27,32)(H,28,33). The Hall–Kier alpha value is -3.30. The smallest absolute Gasteiger partial charge is 0.286 e. The highest BCUT2D eigenvalue weighted by Crippen LogP contribution is 2.18. The van der Waals surface area contributed by atoms with Crippen LogP contribution in [0.3, 0.4) is 0 Å². The van der Waals surface area contributed by atoms with Crippen LogP contribution < -0.4 is 15.4 Å². The molecule has 2 N–H and O–H groups in total. The van der Waals surface area contributed by atoms with Crippen LogP contribution in [0.1, 0.15) is 57.8 Å². The summed E-state index contributed by atoms with van der Waals surface area (Å²) in [7, 11) is 0. The molecule has 1 aliphatic rings. The van der Waals surface area contributed by atoms with E-state index >= 15 is 0 Å². The number of benzene rings is 2. The quantitative estimate of drug-likeness (QED) is 0.407. The van der Waals surface area contributed by atoms with Crippen LogP contribution in [0.5, 0.6) is 5.75 Å². The first-order chi connectivity index (χ1) is 17.1. The van der Waals surface area contributed by atoms with Crippen molar-refractivity contribution in [1.82, 2.24) is 20.4 Å². The lowest BCUT2D eigenvalue weighted by Crippen LogP contribution is -2.39. The van der Waals surface area contributed by atoms with Crippen molar-refractivity contribution < 1.29 is 14.3 Å². The molecule has 35 heavy (non-hydrogen) atoms. The first-order valence-corrected chi connectivity index (χ1v) is 12.8. The van der Waals surface area contributed by atoms with Gasteiger partial charge in [-0.05, 0) is 69.1 Å². The highest BCUT2D eigenvalue weighted by atomic mass is 32.1. The number of amides is 2. The molecule has 0 aliphatic carbocycles. The first kappa shape index (κ1) is 24.8. The van der Waals surface area contributed by atoms with E-state index in [4.69, 9.17) is 4.74 Å². The van der Waals surface area contributed by atoms with Crippen molar-refractivity contribution in [2.24, 2.45) is 0 Å². The molecule has 1 saturated heterocycles. The summed E-state index contributed by atoms with van der Waals surface area (Å²) in [6.07, 6.45) is 4.78. The van der Waals surface area contributed by atoms with Gasteiger partial charge in [-0.3, -0.25) is 9.59 Å². The Kier molecular flexibility index (Phi) is 8.80. The number of carbonyl (C=O) groups excluding carboxylic acids is 2. The predicted octanol–water partition coefficient (Wildman–Crippen LogP) is 4.36. The predicted molar refractivity (Wildman–Crippen MR) is 137 cm³/mol. The normalized spacial score (nSPS) is 16.0. The molecule has 1 aliphatic heterocycles. The van der Waals surface area contributed by atoms with Crippen molar-refractivity contribution in [2.45, 2.75) is 45.3 Å². The number of nitrogens with one attached hydrogen (secondary N) is 2. The van der Waals surface area contributed by atoms with Crippen LogP contribution in [-0.4, -0.2) is 52.6 Å². The highest BCUT2D eigenvalue weighted by molar-refractivity contribution is 7.13. The number of nitrogens with zero attached hydrogens (tertiary/aromatic N) is 3. The SMILES string of the molecule is CC1CCCCN1CCCNC(=O)c1ccc(NC(=O)c2nnc(COc3ccccc3)s2)cc1. The summed E-state index contributed by atoms with van der Waals surface area (Å²) >= 11 is 1.18.